The summed E-state index contributed by atoms with van der Waals surface area (Å²) in [7, 11) is 0. The molecule has 0 saturated carbocycles. The van der Waals surface area contributed by atoms with Crippen LogP contribution < -0.4 is 5.73 Å². The first kappa shape index (κ1) is 19.6. The van der Waals surface area contributed by atoms with Gasteiger partial charge in [-0.05, 0) is 61.1 Å². The number of nitrogens with two attached hydrogens (primary N) is 1. The Morgan fingerprint density at radius 1 is 1.00 bits per heavy atom. The minimum absolute atomic E-state index is 0.143. The van der Waals surface area contributed by atoms with Gasteiger partial charge in [0.1, 0.15) is 5.69 Å². The fraction of sp³-hybridized carbons (Fsp3) is 0.381. The van der Waals surface area contributed by atoms with E-state index < -0.39 is 5.97 Å². The van der Waals surface area contributed by atoms with E-state index in [9.17, 15) is 9.90 Å². The molecule has 0 radical (unpaired) electrons. The molecule has 0 aliphatic heterocycles. The van der Waals surface area contributed by atoms with Crippen molar-refractivity contribution in [1.82, 2.24) is 0 Å². The molecule has 2 aromatic rings. The van der Waals surface area contributed by atoms with Crippen LogP contribution in [0.25, 0.3) is 0 Å². The highest BCUT2D eigenvalue weighted by Crippen LogP contribution is 2.30. The Bertz CT molecular complexity index is 756. The predicted octanol–water partition coefficient (Wildman–Crippen LogP) is 6.07. The second kappa shape index (κ2) is 9.70. The van der Waals surface area contributed by atoms with E-state index in [-0.39, 0.29) is 5.56 Å². The van der Waals surface area contributed by atoms with Crippen molar-refractivity contribution in [1.29, 1.82) is 0 Å². The predicted molar refractivity (Wildman–Crippen MR) is 106 cm³/mol. The summed E-state index contributed by atoms with van der Waals surface area (Å²) in [4.78, 5) is 11.3. The van der Waals surface area contributed by atoms with E-state index in [0.29, 0.717) is 5.69 Å². The third-order valence-electron chi connectivity index (χ3n) is 4.34. The van der Waals surface area contributed by atoms with Gasteiger partial charge in [-0.25, -0.2) is 4.79 Å². The number of benzene rings is 2. The van der Waals surface area contributed by atoms with Crippen molar-refractivity contribution in [3.63, 3.8) is 0 Å². The highest BCUT2D eigenvalue weighted by molar-refractivity contribution is 5.93. The summed E-state index contributed by atoms with van der Waals surface area (Å²) in [6.07, 6.45) is 6.16. The highest BCUT2D eigenvalue weighted by atomic mass is 16.4. The zero-order valence-corrected chi connectivity index (χ0v) is 15.5. The van der Waals surface area contributed by atoms with Gasteiger partial charge in [-0.15, -0.1) is 5.11 Å². The number of azo groups is 1. The molecule has 0 unspecified atom stereocenters. The fourth-order valence-electron chi connectivity index (χ4n) is 2.82. The molecule has 0 heterocycles. The molecule has 0 bridgehead atoms. The van der Waals surface area contributed by atoms with Crippen LogP contribution >= 0.6 is 0 Å². The van der Waals surface area contributed by atoms with Gasteiger partial charge in [0.05, 0.1) is 11.3 Å². The van der Waals surface area contributed by atoms with Gasteiger partial charge >= 0.3 is 5.97 Å². The number of carbonyl (C=O) groups is 1. The van der Waals surface area contributed by atoms with E-state index in [1.54, 1.807) is 18.2 Å². The molecule has 0 atom stereocenters. The van der Waals surface area contributed by atoms with Gasteiger partial charge in [0.25, 0.3) is 0 Å². The van der Waals surface area contributed by atoms with E-state index in [1.807, 2.05) is 12.1 Å². The number of aryl methyl sites for hydroxylation is 2. The van der Waals surface area contributed by atoms with Crippen LogP contribution in [0.15, 0.2) is 46.6 Å². The molecule has 0 amide bonds. The molecule has 0 aliphatic carbocycles. The molecule has 5 nitrogen and oxygen atoms in total. The second-order valence-corrected chi connectivity index (χ2v) is 6.41. The van der Waals surface area contributed by atoms with Crippen molar-refractivity contribution in [2.24, 2.45) is 10.2 Å². The third-order valence-corrected chi connectivity index (χ3v) is 4.34. The summed E-state index contributed by atoms with van der Waals surface area (Å²) in [5.74, 6) is -1.01. The van der Waals surface area contributed by atoms with Crippen molar-refractivity contribution in [3.05, 3.63) is 53.1 Å². The third kappa shape index (κ3) is 5.15. The van der Waals surface area contributed by atoms with E-state index in [1.165, 1.54) is 6.07 Å². The van der Waals surface area contributed by atoms with Crippen LogP contribution in [0.3, 0.4) is 0 Å². The maximum absolute atomic E-state index is 11.3. The van der Waals surface area contributed by atoms with Gasteiger partial charge in [0.15, 0.2) is 0 Å². The maximum Gasteiger partial charge on any atom is 0.337 e. The van der Waals surface area contributed by atoms with Crippen LogP contribution in [0.5, 0.6) is 0 Å². The Hall–Kier alpha value is -2.69. The Morgan fingerprint density at radius 3 is 2.12 bits per heavy atom. The number of carboxylic acid groups (broad SMARTS) is 1. The molecular weight excluding hydrogens is 326 g/mol. The smallest absolute Gasteiger partial charge is 0.337 e. The minimum atomic E-state index is -1.01. The summed E-state index contributed by atoms with van der Waals surface area (Å²) < 4.78 is 0. The van der Waals surface area contributed by atoms with Crippen molar-refractivity contribution >= 4 is 23.0 Å². The first-order valence-corrected chi connectivity index (χ1v) is 9.22. The Balaban J connectivity index is 2.37. The Morgan fingerprint density at radius 2 is 1.58 bits per heavy atom. The number of aromatic carboxylic acids is 1. The van der Waals surface area contributed by atoms with E-state index in [2.05, 4.69) is 24.1 Å². The van der Waals surface area contributed by atoms with Crippen LogP contribution in [-0.2, 0) is 12.8 Å². The standard InChI is InChI=1S/C21H27N3O2/c1-3-5-9-15-13-17(14-16(20(15)22)10-6-4-2)23-24-19-12-8-7-11-18(19)21(25)26/h7-8,11-14H,3-6,9-10,22H2,1-2H3,(H,25,26). The van der Waals surface area contributed by atoms with Gasteiger partial charge in [-0.3, -0.25) is 0 Å². The average molecular weight is 353 g/mol. The lowest BCUT2D eigenvalue weighted by Crippen LogP contribution is -2.00. The average Bonchev–Trinajstić information content (AvgIpc) is 2.65. The van der Waals surface area contributed by atoms with Crippen molar-refractivity contribution in [2.75, 3.05) is 5.73 Å². The van der Waals surface area contributed by atoms with Crippen LogP contribution in [0.2, 0.25) is 0 Å². The molecule has 2 rings (SSSR count). The van der Waals surface area contributed by atoms with E-state index >= 15 is 0 Å². The lowest BCUT2D eigenvalue weighted by molar-refractivity contribution is 0.0697. The lowest BCUT2D eigenvalue weighted by atomic mass is 9.98. The molecular formula is C21H27N3O2. The molecule has 2 aromatic carbocycles. The van der Waals surface area contributed by atoms with Crippen LogP contribution in [0.4, 0.5) is 17.1 Å². The summed E-state index contributed by atoms with van der Waals surface area (Å²) in [6, 6.07) is 10.5. The monoisotopic (exact) mass is 353 g/mol. The van der Waals surface area contributed by atoms with Crippen LogP contribution in [-0.4, -0.2) is 11.1 Å². The van der Waals surface area contributed by atoms with Crippen LogP contribution in [0, 0.1) is 0 Å². The molecule has 26 heavy (non-hydrogen) atoms. The molecule has 0 aliphatic rings. The second-order valence-electron chi connectivity index (χ2n) is 6.41. The highest BCUT2D eigenvalue weighted by Gasteiger charge is 2.10. The normalized spacial score (nSPS) is 11.2. The Kier molecular flexibility index (Phi) is 7.33. The molecule has 0 spiro atoms. The van der Waals surface area contributed by atoms with Crippen molar-refractivity contribution < 1.29 is 9.90 Å². The van der Waals surface area contributed by atoms with Gasteiger partial charge in [-0.2, -0.15) is 5.11 Å². The SMILES string of the molecule is CCCCc1cc(N=Nc2ccccc2C(=O)O)cc(CCCC)c1N. The number of nitrogens with zero attached hydrogens (tertiary/aromatic N) is 2. The number of hydrogen-bond donors (Lipinski definition) is 2. The maximum atomic E-state index is 11.3. The zero-order valence-electron chi connectivity index (χ0n) is 15.5. The number of carboxylic acids is 1. The van der Waals surface area contributed by atoms with Crippen LogP contribution in [0.1, 0.15) is 61.0 Å². The number of hydrogen-bond acceptors (Lipinski definition) is 4. The Labute approximate surface area is 155 Å². The number of nitrogen functional groups attached to an aromatic ring is 1. The summed E-state index contributed by atoms with van der Waals surface area (Å²) in [5, 5.41) is 17.7. The van der Waals surface area contributed by atoms with Gasteiger partial charge in [0, 0.05) is 5.69 Å². The van der Waals surface area contributed by atoms with Gasteiger partial charge in [-0.1, -0.05) is 38.8 Å². The first-order valence-electron chi connectivity index (χ1n) is 9.22. The molecule has 138 valence electrons. The molecule has 5 heteroatoms. The van der Waals surface area contributed by atoms with Gasteiger partial charge in [0.2, 0.25) is 0 Å². The molecule has 0 fully saturated rings. The molecule has 0 aromatic heterocycles. The summed E-state index contributed by atoms with van der Waals surface area (Å²) in [5.41, 5.74) is 10.6. The van der Waals surface area contributed by atoms with E-state index in [0.717, 1.165) is 61.0 Å². The zero-order chi connectivity index (χ0) is 18.9. The quantitative estimate of drug-likeness (QED) is 0.424. The number of rotatable bonds is 9. The van der Waals surface area contributed by atoms with E-state index in [4.69, 9.17) is 5.73 Å². The number of anilines is 1. The van der Waals surface area contributed by atoms with Crippen molar-refractivity contribution in [3.8, 4) is 0 Å². The van der Waals surface area contributed by atoms with Gasteiger partial charge < -0.3 is 10.8 Å². The minimum Gasteiger partial charge on any atom is -0.478 e. The molecule has 3 N–H and O–H groups in total. The summed E-state index contributed by atoms with van der Waals surface area (Å²) in [6.45, 7) is 4.31. The number of unbranched alkanes of at least 4 members (excludes halogenated alkanes) is 2. The van der Waals surface area contributed by atoms with Crippen molar-refractivity contribution in [2.45, 2.75) is 52.4 Å². The lowest BCUT2D eigenvalue weighted by Gasteiger charge is -2.12. The molecule has 0 saturated heterocycles. The largest absolute Gasteiger partial charge is 0.478 e. The fourth-order valence-corrected chi connectivity index (χ4v) is 2.82. The topological polar surface area (TPSA) is 88.0 Å². The first-order chi connectivity index (χ1) is 12.6. The summed E-state index contributed by atoms with van der Waals surface area (Å²) >= 11 is 0.